The lowest BCUT2D eigenvalue weighted by molar-refractivity contribution is 0.0993. The van der Waals surface area contributed by atoms with Crippen LogP contribution < -0.4 is 5.73 Å². The van der Waals surface area contributed by atoms with E-state index in [-0.39, 0.29) is 5.54 Å². The third kappa shape index (κ3) is 3.24. The summed E-state index contributed by atoms with van der Waals surface area (Å²) in [6, 6.07) is 6.59. The van der Waals surface area contributed by atoms with Crippen LogP contribution in [0.15, 0.2) is 18.2 Å². The zero-order valence-electron chi connectivity index (χ0n) is 13.4. The summed E-state index contributed by atoms with van der Waals surface area (Å²) in [4.78, 5) is 2.54. The Hall–Kier alpha value is -0.860. The fraction of sp³-hybridized carbons (Fsp3) is 0.667. The van der Waals surface area contributed by atoms with Crippen molar-refractivity contribution in [2.75, 3.05) is 13.6 Å². The maximum atomic E-state index is 6.20. The van der Waals surface area contributed by atoms with Gasteiger partial charge in [-0.05, 0) is 50.4 Å². The summed E-state index contributed by atoms with van der Waals surface area (Å²) in [5, 5.41) is 0. The van der Waals surface area contributed by atoms with Crippen LogP contribution in [0.3, 0.4) is 0 Å². The first-order chi connectivity index (χ1) is 9.59. The van der Waals surface area contributed by atoms with Gasteiger partial charge in [0.1, 0.15) is 0 Å². The lowest BCUT2D eigenvalue weighted by Crippen LogP contribution is -2.51. The average molecular weight is 274 g/mol. The summed E-state index contributed by atoms with van der Waals surface area (Å²) >= 11 is 0. The quantitative estimate of drug-likeness (QED) is 0.847. The Kier molecular flexibility index (Phi) is 5.22. The van der Waals surface area contributed by atoms with Gasteiger partial charge in [0.25, 0.3) is 0 Å². The number of nitrogens with zero attached hydrogens (tertiary/aromatic N) is 1. The molecule has 0 aromatic heterocycles. The van der Waals surface area contributed by atoms with E-state index in [1.165, 1.54) is 55.2 Å². The molecule has 2 heteroatoms. The Morgan fingerprint density at radius 2 is 1.60 bits per heavy atom. The minimum absolute atomic E-state index is 0.214. The van der Waals surface area contributed by atoms with Gasteiger partial charge in [-0.25, -0.2) is 0 Å². The average Bonchev–Trinajstić information content (AvgIpc) is 2.69. The van der Waals surface area contributed by atoms with Crippen LogP contribution in [0, 0.1) is 13.8 Å². The molecule has 0 atom stereocenters. The van der Waals surface area contributed by atoms with E-state index in [1.807, 2.05) is 0 Å². The van der Waals surface area contributed by atoms with Crippen LogP contribution in [0.4, 0.5) is 0 Å². The normalized spacial score (nSPS) is 19.1. The molecule has 1 aromatic carbocycles. The highest BCUT2D eigenvalue weighted by Crippen LogP contribution is 2.32. The van der Waals surface area contributed by atoms with E-state index in [0.29, 0.717) is 0 Å². The van der Waals surface area contributed by atoms with Crippen molar-refractivity contribution >= 4 is 0 Å². The molecule has 0 heterocycles. The van der Waals surface area contributed by atoms with Crippen molar-refractivity contribution < 1.29 is 0 Å². The standard InChI is InChI=1S/C18H30N2/c1-15-9-8-10-16(2)17(15)13-20(3)18(14-19)11-6-4-5-7-12-18/h8-10H,4-7,11-14,19H2,1-3H3. The number of aryl methyl sites for hydroxylation is 2. The molecule has 0 spiro atoms. The third-order valence-corrected chi connectivity index (χ3v) is 5.26. The zero-order chi connectivity index (χ0) is 14.6. The second-order valence-corrected chi connectivity index (χ2v) is 6.57. The maximum Gasteiger partial charge on any atom is 0.0332 e. The molecule has 2 nitrogen and oxygen atoms in total. The molecule has 0 radical (unpaired) electrons. The van der Waals surface area contributed by atoms with Gasteiger partial charge in [0.15, 0.2) is 0 Å². The van der Waals surface area contributed by atoms with Crippen molar-refractivity contribution in [1.29, 1.82) is 0 Å². The van der Waals surface area contributed by atoms with Crippen LogP contribution in [0.2, 0.25) is 0 Å². The summed E-state index contributed by atoms with van der Waals surface area (Å²) in [6.45, 7) is 6.25. The predicted octanol–water partition coefficient (Wildman–Crippen LogP) is 3.79. The largest absolute Gasteiger partial charge is 0.329 e. The third-order valence-electron chi connectivity index (χ3n) is 5.26. The van der Waals surface area contributed by atoms with Gasteiger partial charge in [-0.2, -0.15) is 0 Å². The van der Waals surface area contributed by atoms with Gasteiger partial charge in [0.2, 0.25) is 0 Å². The Bertz CT molecular complexity index is 411. The van der Waals surface area contributed by atoms with Gasteiger partial charge >= 0.3 is 0 Å². The fourth-order valence-electron chi connectivity index (χ4n) is 3.63. The van der Waals surface area contributed by atoms with Crippen molar-refractivity contribution in [3.63, 3.8) is 0 Å². The van der Waals surface area contributed by atoms with Crippen LogP contribution in [0.25, 0.3) is 0 Å². The maximum absolute atomic E-state index is 6.20. The summed E-state index contributed by atoms with van der Waals surface area (Å²) in [5.74, 6) is 0. The van der Waals surface area contributed by atoms with E-state index < -0.39 is 0 Å². The molecule has 1 aromatic rings. The predicted molar refractivity (Wildman–Crippen MR) is 86.9 cm³/mol. The number of benzene rings is 1. The molecule has 2 N–H and O–H groups in total. The molecule has 112 valence electrons. The highest BCUT2D eigenvalue weighted by atomic mass is 15.2. The highest BCUT2D eigenvalue weighted by Gasteiger charge is 2.33. The Morgan fingerprint density at radius 1 is 1.05 bits per heavy atom. The van der Waals surface area contributed by atoms with E-state index in [1.54, 1.807) is 0 Å². The van der Waals surface area contributed by atoms with E-state index in [4.69, 9.17) is 5.73 Å². The van der Waals surface area contributed by atoms with Crippen molar-refractivity contribution in [1.82, 2.24) is 4.90 Å². The van der Waals surface area contributed by atoms with E-state index in [9.17, 15) is 0 Å². The zero-order valence-corrected chi connectivity index (χ0v) is 13.4. The highest BCUT2D eigenvalue weighted by molar-refractivity contribution is 5.33. The van der Waals surface area contributed by atoms with Gasteiger partial charge in [0, 0.05) is 18.6 Å². The fourth-order valence-corrected chi connectivity index (χ4v) is 3.63. The number of nitrogens with two attached hydrogens (primary N) is 1. The first-order valence-corrected chi connectivity index (χ1v) is 8.05. The van der Waals surface area contributed by atoms with Crippen molar-refractivity contribution in [3.8, 4) is 0 Å². The minimum atomic E-state index is 0.214. The molecule has 1 aliphatic carbocycles. The van der Waals surface area contributed by atoms with Gasteiger partial charge in [0.05, 0.1) is 0 Å². The van der Waals surface area contributed by atoms with Crippen LogP contribution in [-0.4, -0.2) is 24.0 Å². The van der Waals surface area contributed by atoms with Crippen LogP contribution in [0.5, 0.6) is 0 Å². The number of hydrogen-bond donors (Lipinski definition) is 1. The number of hydrogen-bond acceptors (Lipinski definition) is 2. The van der Waals surface area contributed by atoms with E-state index in [2.05, 4.69) is 44.0 Å². The molecule has 0 unspecified atom stereocenters. The molecule has 2 rings (SSSR count). The smallest absolute Gasteiger partial charge is 0.0332 e. The molecule has 1 aliphatic rings. The van der Waals surface area contributed by atoms with Gasteiger partial charge in [-0.15, -0.1) is 0 Å². The molecule has 0 amide bonds. The van der Waals surface area contributed by atoms with E-state index in [0.717, 1.165) is 13.1 Å². The molecule has 0 bridgehead atoms. The molecular weight excluding hydrogens is 244 g/mol. The van der Waals surface area contributed by atoms with E-state index >= 15 is 0 Å². The molecule has 1 saturated carbocycles. The minimum Gasteiger partial charge on any atom is -0.329 e. The monoisotopic (exact) mass is 274 g/mol. The number of rotatable bonds is 4. The number of likely N-dealkylation sites (N-methyl/N-ethyl adjacent to an activating group) is 1. The molecule has 0 aliphatic heterocycles. The summed E-state index contributed by atoms with van der Waals surface area (Å²) in [7, 11) is 2.27. The van der Waals surface area contributed by atoms with Crippen molar-refractivity contribution in [2.45, 2.75) is 64.5 Å². The van der Waals surface area contributed by atoms with Crippen molar-refractivity contribution in [3.05, 3.63) is 34.9 Å². The van der Waals surface area contributed by atoms with Crippen molar-refractivity contribution in [2.24, 2.45) is 5.73 Å². The molecule has 20 heavy (non-hydrogen) atoms. The first-order valence-electron chi connectivity index (χ1n) is 8.05. The Balaban J connectivity index is 2.18. The molecule has 0 saturated heterocycles. The van der Waals surface area contributed by atoms with Gasteiger partial charge in [-0.1, -0.05) is 43.9 Å². The van der Waals surface area contributed by atoms with Gasteiger partial charge in [-0.3, -0.25) is 4.90 Å². The Labute approximate surface area is 124 Å². The second kappa shape index (κ2) is 6.73. The summed E-state index contributed by atoms with van der Waals surface area (Å²) in [5.41, 5.74) is 10.7. The Morgan fingerprint density at radius 3 is 2.10 bits per heavy atom. The lowest BCUT2D eigenvalue weighted by Gasteiger charge is -2.41. The topological polar surface area (TPSA) is 29.3 Å². The SMILES string of the molecule is Cc1cccc(C)c1CN(C)C1(CN)CCCCCC1. The molecular formula is C18H30N2. The summed E-state index contributed by atoms with van der Waals surface area (Å²) < 4.78 is 0. The summed E-state index contributed by atoms with van der Waals surface area (Å²) in [6.07, 6.45) is 7.91. The molecule has 1 fully saturated rings. The van der Waals surface area contributed by atoms with Crippen LogP contribution >= 0.6 is 0 Å². The van der Waals surface area contributed by atoms with Crippen LogP contribution in [-0.2, 0) is 6.54 Å². The first kappa shape index (κ1) is 15.5. The van der Waals surface area contributed by atoms with Gasteiger partial charge < -0.3 is 5.73 Å². The van der Waals surface area contributed by atoms with Crippen LogP contribution in [0.1, 0.15) is 55.2 Å². The second-order valence-electron chi connectivity index (χ2n) is 6.57. The lowest BCUT2D eigenvalue weighted by atomic mass is 9.87.